The molecular formula is C16H17N5S. The van der Waals surface area contributed by atoms with Gasteiger partial charge in [-0.1, -0.05) is 42.1 Å². The van der Waals surface area contributed by atoms with Gasteiger partial charge in [0.05, 0.1) is 5.75 Å². The van der Waals surface area contributed by atoms with Gasteiger partial charge in [0.2, 0.25) is 0 Å². The minimum atomic E-state index is 0.502. The van der Waals surface area contributed by atoms with Gasteiger partial charge in [0.1, 0.15) is 11.6 Å². The Morgan fingerprint density at radius 2 is 2.00 bits per heavy atom. The average Bonchev–Trinajstić information content (AvgIpc) is 2.92. The van der Waals surface area contributed by atoms with Gasteiger partial charge in [-0.05, 0) is 12.5 Å². The van der Waals surface area contributed by atoms with Crippen LogP contribution in [0.4, 0.5) is 5.82 Å². The number of nitrogens with zero attached hydrogens (tertiary/aromatic N) is 4. The summed E-state index contributed by atoms with van der Waals surface area (Å²) in [5.74, 6) is 2.21. The highest BCUT2D eigenvalue weighted by Gasteiger charge is 2.07. The van der Waals surface area contributed by atoms with E-state index in [4.69, 9.17) is 5.73 Å². The Balaban J connectivity index is 1.70. The lowest BCUT2D eigenvalue weighted by Gasteiger charge is -2.08. The molecule has 0 saturated heterocycles. The molecule has 2 heterocycles. The summed E-state index contributed by atoms with van der Waals surface area (Å²) in [7, 11) is 0. The monoisotopic (exact) mass is 311 g/mol. The number of aryl methyl sites for hydroxylation is 1. The molecule has 0 spiro atoms. The van der Waals surface area contributed by atoms with Crippen LogP contribution in [0.25, 0.3) is 0 Å². The van der Waals surface area contributed by atoms with Crippen molar-refractivity contribution in [2.45, 2.75) is 24.4 Å². The van der Waals surface area contributed by atoms with Gasteiger partial charge in [-0.3, -0.25) is 0 Å². The number of aromatic nitrogens is 4. The SMILES string of the molecule is Cc1cc(N)nc(SCc2nccn2Cc2ccccc2)n1. The van der Waals surface area contributed by atoms with Gasteiger partial charge in [0.15, 0.2) is 5.16 Å². The normalized spacial score (nSPS) is 10.8. The number of rotatable bonds is 5. The molecule has 2 aromatic heterocycles. The van der Waals surface area contributed by atoms with Crippen molar-refractivity contribution in [3.8, 4) is 0 Å². The molecule has 0 aliphatic heterocycles. The highest BCUT2D eigenvalue weighted by atomic mass is 32.2. The first-order valence-electron chi connectivity index (χ1n) is 6.98. The molecule has 3 rings (SSSR count). The fourth-order valence-electron chi connectivity index (χ4n) is 2.16. The summed E-state index contributed by atoms with van der Waals surface area (Å²) in [5.41, 5.74) is 7.89. The molecule has 0 radical (unpaired) electrons. The Bertz CT molecular complexity index is 734. The van der Waals surface area contributed by atoms with Crippen molar-refractivity contribution in [1.29, 1.82) is 0 Å². The van der Waals surface area contributed by atoms with Gasteiger partial charge < -0.3 is 10.3 Å². The minimum Gasteiger partial charge on any atom is -0.384 e. The maximum atomic E-state index is 5.76. The van der Waals surface area contributed by atoms with E-state index in [0.29, 0.717) is 16.7 Å². The Kier molecular flexibility index (Phi) is 4.39. The molecule has 0 unspecified atom stereocenters. The van der Waals surface area contributed by atoms with E-state index in [0.717, 1.165) is 18.1 Å². The number of hydrogen-bond donors (Lipinski definition) is 1. The zero-order chi connectivity index (χ0) is 15.4. The molecule has 0 amide bonds. The fraction of sp³-hybridized carbons (Fsp3) is 0.188. The molecule has 0 atom stereocenters. The van der Waals surface area contributed by atoms with Gasteiger partial charge in [-0.15, -0.1) is 0 Å². The fourth-order valence-corrected chi connectivity index (χ4v) is 3.04. The third-order valence-corrected chi connectivity index (χ3v) is 4.02. The van der Waals surface area contributed by atoms with E-state index < -0.39 is 0 Å². The topological polar surface area (TPSA) is 69.6 Å². The molecule has 5 nitrogen and oxygen atoms in total. The van der Waals surface area contributed by atoms with E-state index >= 15 is 0 Å². The lowest BCUT2D eigenvalue weighted by atomic mass is 10.2. The number of hydrogen-bond acceptors (Lipinski definition) is 5. The lowest BCUT2D eigenvalue weighted by molar-refractivity contribution is 0.755. The first-order valence-corrected chi connectivity index (χ1v) is 7.97. The maximum Gasteiger partial charge on any atom is 0.190 e. The number of benzene rings is 1. The molecule has 0 fully saturated rings. The molecule has 6 heteroatoms. The minimum absolute atomic E-state index is 0.502. The smallest absolute Gasteiger partial charge is 0.190 e. The van der Waals surface area contributed by atoms with E-state index in [9.17, 15) is 0 Å². The van der Waals surface area contributed by atoms with E-state index in [1.807, 2.05) is 37.5 Å². The highest BCUT2D eigenvalue weighted by Crippen LogP contribution is 2.20. The molecule has 0 aliphatic carbocycles. The molecule has 0 saturated carbocycles. The van der Waals surface area contributed by atoms with Gasteiger partial charge in [0.25, 0.3) is 0 Å². The summed E-state index contributed by atoms with van der Waals surface area (Å²) in [6, 6.07) is 12.1. The number of anilines is 1. The quantitative estimate of drug-likeness (QED) is 0.579. The Morgan fingerprint density at radius 1 is 1.18 bits per heavy atom. The molecular weight excluding hydrogens is 294 g/mol. The summed E-state index contributed by atoms with van der Waals surface area (Å²) in [5, 5.41) is 0.687. The van der Waals surface area contributed by atoms with Crippen molar-refractivity contribution in [3.05, 3.63) is 65.9 Å². The predicted octanol–water partition coefficient (Wildman–Crippen LogP) is 2.90. The van der Waals surface area contributed by atoms with E-state index in [2.05, 4.69) is 31.7 Å². The number of imidazole rings is 1. The zero-order valence-corrected chi connectivity index (χ0v) is 13.1. The van der Waals surface area contributed by atoms with Crippen LogP contribution in [-0.4, -0.2) is 19.5 Å². The summed E-state index contributed by atoms with van der Waals surface area (Å²) >= 11 is 1.55. The standard InChI is InChI=1S/C16H17N5S/c1-12-9-14(17)20-16(19-12)22-11-15-18-7-8-21(15)10-13-5-3-2-4-6-13/h2-9H,10-11H2,1H3,(H2,17,19,20). The second-order valence-electron chi connectivity index (χ2n) is 4.96. The van der Waals surface area contributed by atoms with Gasteiger partial charge >= 0.3 is 0 Å². The predicted molar refractivity (Wildman–Crippen MR) is 88.5 cm³/mol. The third kappa shape index (κ3) is 3.65. The van der Waals surface area contributed by atoms with Crippen molar-refractivity contribution in [1.82, 2.24) is 19.5 Å². The first-order chi connectivity index (χ1) is 10.7. The molecule has 112 valence electrons. The Morgan fingerprint density at radius 3 is 2.77 bits per heavy atom. The number of nitrogens with two attached hydrogens (primary N) is 1. The highest BCUT2D eigenvalue weighted by molar-refractivity contribution is 7.98. The third-order valence-electron chi connectivity index (χ3n) is 3.18. The molecule has 3 aromatic rings. The summed E-state index contributed by atoms with van der Waals surface area (Å²) in [6.45, 7) is 2.73. The Labute approximate surface area is 133 Å². The van der Waals surface area contributed by atoms with E-state index in [-0.39, 0.29) is 0 Å². The zero-order valence-electron chi connectivity index (χ0n) is 12.3. The molecule has 22 heavy (non-hydrogen) atoms. The van der Waals surface area contributed by atoms with Crippen LogP contribution < -0.4 is 5.73 Å². The van der Waals surface area contributed by atoms with Crippen LogP contribution in [-0.2, 0) is 12.3 Å². The van der Waals surface area contributed by atoms with E-state index in [1.165, 1.54) is 5.56 Å². The van der Waals surface area contributed by atoms with Crippen LogP contribution in [0.5, 0.6) is 0 Å². The van der Waals surface area contributed by atoms with Crippen LogP contribution in [0.3, 0.4) is 0 Å². The molecule has 1 aromatic carbocycles. The van der Waals surface area contributed by atoms with Gasteiger partial charge in [-0.25, -0.2) is 15.0 Å². The Hall–Kier alpha value is -2.34. The van der Waals surface area contributed by atoms with Crippen LogP contribution in [0.15, 0.2) is 53.9 Å². The summed E-state index contributed by atoms with van der Waals surface area (Å²) in [4.78, 5) is 13.0. The second-order valence-corrected chi connectivity index (χ2v) is 5.90. The number of nitrogen functional groups attached to an aromatic ring is 1. The summed E-state index contributed by atoms with van der Waals surface area (Å²) < 4.78 is 2.14. The second kappa shape index (κ2) is 6.62. The molecule has 0 bridgehead atoms. The molecule has 2 N–H and O–H groups in total. The van der Waals surface area contributed by atoms with Crippen molar-refractivity contribution in [2.24, 2.45) is 0 Å². The van der Waals surface area contributed by atoms with E-state index in [1.54, 1.807) is 17.8 Å². The maximum absolute atomic E-state index is 5.76. The lowest BCUT2D eigenvalue weighted by Crippen LogP contribution is -2.04. The largest absolute Gasteiger partial charge is 0.384 e. The van der Waals surface area contributed by atoms with Crippen molar-refractivity contribution in [2.75, 3.05) is 5.73 Å². The molecule has 0 aliphatic rings. The van der Waals surface area contributed by atoms with Gasteiger partial charge in [-0.2, -0.15) is 0 Å². The summed E-state index contributed by atoms with van der Waals surface area (Å²) in [6.07, 6.45) is 3.82. The number of thioether (sulfide) groups is 1. The van der Waals surface area contributed by atoms with Gasteiger partial charge in [0, 0.05) is 30.7 Å². The van der Waals surface area contributed by atoms with Crippen LogP contribution in [0.1, 0.15) is 17.1 Å². The van der Waals surface area contributed by atoms with Crippen LogP contribution in [0, 0.1) is 6.92 Å². The first kappa shape index (κ1) is 14.6. The van der Waals surface area contributed by atoms with Crippen molar-refractivity contribution < 1.29 is 0 Å². The average molecular weight is 311 g/mol. The van der Waals surface area contributed by atoms with Crippen molar-refractivity contribution in [3.63, 3.8) is 0 Å². The van der Waals surface area contributed by atoms with Crippen molar-refractivity contribution >= 4 is 17.6 Å². The van der Waals surface area contributed by atoms with Crippen LogP contribution >= 0.6 is 11.8 Å². The van der Waals surface area contributed by atoms with Crippen LogP contribution in [0.2, 0.25) is 0 Å².